The minimum absolute atomic E-state index is 0. The minimum atomic E-state index is -0.207. The number of pyridine rings is 1. The maximum absolute atomic E-state index is 6.93. The summed E-state index contributed by atoms with van der Waals surface area (Å²) in [6.45, 7) is 31.7. The third-order valence-electron chi connectivity index (χ3n) is 13.8. The van der Waals surface area contributed by atoms with E-state index in [0.717, 1.165) is 50.3 Å². The molecule has 0 unspecified atom stereocenters. The first-order valence-electron chi connectivity index (χ1n) is 23.7. The predicted octanol–water partition coefficient (Wildman–Crippen LogP) is 16.1. The van der Waals surface area contributed by atoms with Gasteiger partial charge in [-0.3, -0.25) is 0 Å². The number of rotatable bonds is 9. The van der Waals surface area contributed by atoms with E-state index in [1.165, 1.54) is 27.8 Å². The maximum Gasteiger partial charge on any atom is 0.135 e. The number of hydrogen-bond donors (Lipinski definition) is 0. The molecule has 0 bridgehead atoms. The molecule has 68 heavy (non-hydrogen) atoms. The van der Waals surface area contributed by atoms with Crippen molar-refractivity contribution in [3.8, 4) is 17.3 Å². The van der Waals surface area contributed by atoms with Gasteiger partial charge in [-0.1, -0.05) is 180 Å². The summed E-state index contributed by atoms with van der Waals surface area (Å²) in [6, 6.07) is 57.7. The van der Waals surface area contributed by atoms with Crippen molar-refractivity contribution < 1.29 is 25.8 Å². The Bertz CT molecular complexity index is 3140. The Balaban J connectivity index is 0.00000625. The molecule has 6 heteroatoms. The van der Waals surface area contributed by atoms with Gasteiger partial charge in [-0.15, -0.1) is 53.6 Å². The molecule has 0 aliphatic carbocycles. The number of aromatic nitrogens is 2. The van der Waals surface area contributed by atoms with Crippen LogP contribution in [0, 0.1) is 24.2 Å². The molecule has 8 aromatic rings. The van der Waals surface area contributed by atoms with E-state index in [-0.39, 0.29) is 48.1 Å². The molecule has 0 amide bonds. The topological polar surface area (TPSA) is 33.5 Å². The normalized spacial score (nSPS) is 13.8. The van der Waals surface area contributed by atoms with Crippen molar-refractivity contribution in [3.63, 3.8) is 0 Å². The van der Waals surface area contributed by atoms with Crippen molar-refractivity contribution in [2.75, 3.05) is 9.80 Å². The van der Waals surface area contributed by atoms with E-state index in [4.69, 9.17) is 9.72 Å². The van der Waals surface area contributed by atoms with Crippen LogP contribution in [-0.4, -0.2) is 9.55 Å². The first-order valence-corrected chi connectivity index (χ1v) is 23.7. The van der Waals surface area contributed by atoms with Gasteiger partial charge in [0.1, 0.15) is 5.82 Å². The van der Waals surface area contributed by atoms with E-state index < -0.39 is 0 Å². The smallest absolute Gasteiger partial charge is 0.135 e. The number of hydrogen-bond acceptors (Lipinski definition) is 4. The van der Waals surface area contributed by atoms with E-state index in [0.29, 0.717) is 11.5 Å². The van der Waals surface area contributed by atoms with Crippen molar-refractivity contribution >= 4 is 33.2 Å². The summed E-state index contributed by atoms with van der Waals surface area (Å²) in [7, 11) is 0. The van der Waals surface area contributed by atoms with Gasteiger partial charge in [0.15, 0.2) is 0 Å². The Kier molecular flexibility index (Phi) is 12.8. The summed E-state index contributed by atoms with van der Waals surface area (Å²) >= 11 is 0. The van der Waals surface area contributed by atoms with Crippen LogP contribution in [0.1, 0.15) is 123 Å². The molecule has 0 fully saturated rings. The molecule has 0 N–H and O–H groups in total. The molecule has 0 saturated carbocycles. The minimum Gasteiger partial charge on any atom is -0.509 e. The summed E-state index contributed by atoms with van der Waals surface area (Å²) in [5.74, 6) is 2.09. The predicted molar refractivity (Wildman–Crippen MR) is 281 cm³/mol. The van der Waals surface area contributed by atoms with E-state index in [9.17, 15) is 0 Å². The first kappa shape index (κ1) is 48.6. The van der Waals surface area contributed by atoms with Gasteiger partial charge in [-0.2, -0.15) is 6.07 Å². The number of ether oxygens (including phenoxy) is 1. The van der Waals surface area contributed by atoms with Crippen molar-refractivity contribution in [2.45, 2.75) is 112 Å². The molecule has 0 atom stereocenters. The van der Waals surface area contributed by atoms with Gasteiger partial charge in [0.2, 0.25) is 0 Å². The second-order valence-electron chi connectivity index (χ2n) is 22.5. The largest absolute Gasteiger partial charge is 0.509 e. The maximum atomic E-state index is 6.93. The SMILES string of the molecule is CC(C)(C)C1=CN(c2cccc(C(C)(C)c3ccccc3)c2)[CH-]N1c1[c-]c(Oc2[c-]c3c(cc2)c2cc(C(C)(C)c4ccccc4)ccc2n3-c2cc(C(C)(C)C)ccn2)cc(C(C)(C)C)c1.[Pt]. The second-order valence-corrected chi connectivity index (χ2v) is 22.5. The fourth-order valence-electron chi connectivity index (χ4n) is 9.28. The number of nitrogens with zero attached hydrogens (tertiary/aromatic N) is 4. The van der Waals surface area contributed by atoms with E-state index in [1.807, 2.05) is 12.3 Å². The Morgan fingerprint density at radius 2 is 1.12 bits per heavy atom. The zero-order valence-corrected chi connectivity index (χ0v) is 44.3. The van der Waals surface area contributed by atoms with Crippen LogP contribution in [0.2, 0.25) is 0 Å². The van der Waals surface area contributed by atoms with Crippen molar-refractivity contribution in [1.29, 1.82) is 0 Å². The van der Waals surface area contributed by atoms with Crippen LogP contribution < -0.4 is 14.5 Å². The van der Waals surface area contributed by atoms with Crippen LogP contribution >= 0.6 is 0 Å². The second kappa shape index (κ2) is 17.9. The van der Waals surface area contributed by atoms with Crippen LogP contribution in [0.4, 0.5) is 11.4 Å². The number of anilines is 2. The van der Waals surface area contributed by atoms with Gasteiger partial charge in [-0.05, 0) is 80.6 Å². The van der Waals surface area contributed by atoms with Crippen molar-refractivity contribution in [1.82, 2.24) is 9.55 Å². The fourth-order valence-corrected chi connectivity index (χ4v) is 9.28. The zero-order chi connectivity index (χ0) is 47.7. The van der Waals surface area contributed by atoms with Crippen LogP contribution in [0.5, 0.6) is 11.5 Å². The standard InChI is InChI=1S/C62H65N4O.Pt/c1-58(2,3)44-31-32-63-57(37-44)66-54-30-27-46(62(12,13)43-23-18-15-19-24-43)36-53(54)52-29-28-50(39-55(52)66)67-51-35-47(59(4,5)6)34-49(38-51)65-41-64(40-56(65)60(7,8)9)48-26-20-25-45(33-48)61(10,11)42-21-16-14-17-22-42;/h14-37,40-41H,1-13H3;/q-3;. The molecule has 5 nitrogen and oxygen atoms in total. The third-order valence-corrected chi connectivity index (χ3v) is 13.8. The molecule has 3 heterocycles. The Morgan fingerprint density at radius 1 is 0.500 bits per heavy atom. The molecule has 2 aromatic heterocycles. The summed E-state index contributed by atoms with van der Waals surface area (Å²) in [4.78, 5) is 9.52. The van der Waals surface area contributed by atoms with Gasteiger partial charge in [0.05, 0.1) is 0 Å². The van der Waals surface area contributed by atoms with Crippen LogP contribution in [0.25, 0.3) is 27.6 Å². The monoisotopic (exact) mass is 1080 g/mol. The number of fused-ring (bicyclic) bond motifs is 3. The summed E-state index contributed by atoms with van der Waals surface area (Å²) in [6.07, 6.45) is 4.19. The van der Waals surface area contributed by atoms with Crippen molar-refractivity contribution in [3.05, 3.63) is 210 Å². The molecule has 0 radical (unpaired) electrons. The van der Waals surface area contributed by atoms with Gasteiger partial charge in [0.25, 0.3) is 0 Å². The number of allylic oxidation sites excluding steroid dienone is 1. The summed E-state index contributed by atoms with van der Waals surface area (Å²) < 4.78 is 9.18. The average molecular weight is 1080 g/mol. The first-order chi connectivity index (χ1) is 31.6. The summed E-state index contributed by atoms with van der Waals surface area (Å²) in [5, 5.41) is 2.24. The molecule has 9 rings (SSSR count). The van der Waals surface area contributed by atoms with Crippen LogP contribution in [0.3, 0.4) is 0 Å². The van der Waals surface area contributed by atoms with Crippen molar-refractivity contribution in [2.24, 2.45) is 5.41 Å². The van der Waals surface area contributed by atoms with E-state index in [1.54, 1.807) is 0 Å². The van der Waals surface area contributed by atoms with Crippen LogP contribution in [-0.2, 0) is 42.7 Å². The Morgan fingerprint density at radius 3 is 1.74 bits per heavy atom. The van der Waals surface area contributed by atoms with Gasteiger partial charge in [0, 0.05) is 71.9 Å². The zero-order valence-electron chi connectivity index (χ0n) is 42.0. The average Bonchev–Trinajstić information content (AvgIpc) is 3.90. The molecular weight excluding hydrogens is 1010 g/mol. The molecule has 1 aliphatic heterocycles. The van der Waals surface area contributed by atoms with Crippen LogP contribution in [0.15, 0.2) is 158 Å². The van der Waals surface area contributed by atoms with E-state index in [2.05, 4.69) is 263 Å². The molecule has 0 saturated heterocycles. The molecule has 6 aromatic carbocycles. The molecule has 0 spiro atoms. The fraction of sp³-hybridized carbons (Fsp3) is 0.290. The van der Waals surface area contributed by atoms with Gasteiger partial charge >= 0.3 is 0 Å². The molecule has 1 aliphatic rings. The summed E-state index contributed by atoms with van der Waals surface area (Å²) in [5.41, 5.74) is 11.8. The third kappa shape index (κ3) is 9.32. The number of benzene rings is 6. The Labute approximate surface area is 420 Å². The Hall–Kier alpha value is -5.90. The quantitative estimate of drug-likeness (QED) is 0.135. The van der Waals surface area contributed by atoms with Gasteiger partial charge < -0.3 is 19.1 Å². The molecular formula is C62H65N4OPt-3. The molecule has 352 valence electrons. The van der Waals surface area contributed by atoms with E-state index >= 15 is 0 Å². The van der Waals surface area contributed by atoms with Gasteiger partial charge in [-0.25, -0.2) is 4.98 Å².